The number of likely N-dealkylation sites (tertiary alicyclic amines) is 1. The summed E-state index contributed by atoms with van der Waals surface area (Å²) in [7, 11) is -3.27. The minimum absolute atomic E-state index is 0.0929. The van der Waals surface area contributed by atoms with Crippen LogP contribution in [0.25, 0.3) is 0 Å². The first-order chi connectivity index (χ1) is 12.7. The molecule has 1 aliphatic carbocycles. The summed E-state index contributed by atoms with van der Waals surface area (Å²) in [4.78, 5) is 14.4. The molecule has 1 heterocycles. The van der Waals surface area contributed by atoms with Gasteiger partial charge in [-0.15, -0.1) is 0 Å². The summed E-state index contributed by atoms with van der Waals surface area (Å²) in [5, 5.41) is 2.61. The van der Waals surface area contributed by atoms with Crippen molar-refractivity contribution in [2.45, 2.75) is 70.6 Å². The van der Waals surface area contributed by atoms with Crippen LogP contribution in [0.1, 0.15) is 62.6 Å². The third-order valence-electron chi connectivity index (χ3n) is 5.97. The first kappa shape index (κ1) is 20.1. The maximum atomic E-state index is 12.7. The lowest BCUT2D eigenvalue weighted by Gasteiger charge is -2.32. The molecule has 1 fully saturated rings. The van der Waals surface area contributed by atoms with Gasteiger partial charge in [0.1, 0.15) is 0 Å². The molecule has 2 N–H and O–H groups in total. The molecular formula is C20H31N3O3S. The van der Waals surface area contributed by atoms with E-state index in [1.807, 2.05) is 6.07 Å². The number of carbonyl (C=O) groups is 1. The van der Waals surface area contributed by atoms with Gasteiger partial charge in [-0.05, 0) is 75.1 Å². The molecular weight excluding hydrogens is 362 g/mol. The first-order valence-corrected chi connectivity index (χ1v) is 11.4. The number of amides is 2. The number of hydrogen-bond donors (Lipinski definition) is 2. The van der Waals surface area contributed by atoms with E-state index in [1.165, 1.54) is 23.1 Å². The molecule has 0 radical (unpaired) electrons. The third-order valence-corrected chi connectivity index (χ3v) is 7.87. The van der Waals surface area contributed by atoms with Gasteiger partial charge in [-0.3, -0.25) is 0 Å². The summed E-state index contributed by atoms with van der Waals surface area (Å²) in [6.45, 7) is 8.78. The normalized spacial score (nSPS) is 20.8. The van der Waals surface area contributed by atoms with E-state index in [2.05, 4.69) is 30.0 Å². The van der Waals surface area contributed by atoms with Gasteiger partial charge < -0.3 is 10.2 Å². The van der Waals surface area contributed by atoms with Gasteiger partial charge in [-0.1, -0.05) is 13.0 Å². The number of anilines is 1. The van der Waals surface area contributed by atoms with Crippen molar-refractivity contribution >= 4 is 21.7 Å². The monoisotopic (exact) mass is 393 g/mol. The molecule has 0 spiro atoms. The summed E-state index contributed by atoms with van der Waals surface area (Å²) >= 11 is 0. The van der Waals surface area contributed by atoms with Crippen LogP contribution in [0.15, 0.2) is 12.1 Å². The van der Waals surface area contributed by atoms with Crippen molar-refractivity contribution in [2.75, 3.05) is 18.4 Å². The van der Waals surface area contributed by atoms with Gasteiger partial charge in [-0.2, -0.15) is 0 Å². The number of fused-ring (bicyclic) bond motifs is 1. The summed E-state index contributed by atoms with van der Waals surface area (Å²) in [5.74, 6) is 0.595. The second kappa shape index (κ2) is 7.80. The van der Waals surface area contributed by atoms with E-state index in [0.29, 0.717) is 31.8 Å². The Morgan fingerprint density at radius 1 is 1.19 bits per heavy atom. The fraction of sp³-hybridized carbons (Fsp3) is 0.650. The summed E-state index contributed by atoms with van der Waals surface area (Å²) in [6.07, 6.45) is 3.53. The van der Waals surface area contributed by atoms with Crippen molar-refractivity contribution in [3.8, 4) is 0 Å². The Morgan fingerprint density at radius 3 is 2.48 bits per heavy atom. The van der Waals surface area contributed by atoms with Gasteiger partial charge in [0.15, 0.2) is 0 Å². The molecule has 1 aliphatic heterocycles. The second-order valence-electron chi connectivity index (χ2n) is 8.15. The fourth-order valence-corrected chi connectivity index (χ4v) is 4.96. The number of nitrogens with one attached hydrogen (secondary N) is 2. The van der Waals surface area contributed by atoms with Gasteiger partial charge in [0.2, 0.25) is 10.0 Å². The molecule has 7 heteroatoms. The van der Waals surface area contributed by atoms with Crippen LogP contribution in [0, 0.1) is 6.92 Å². The standard InChI is InChI=1S/C20H31N3O3S/c1-13(2)27(25,26)22-16-9-11-23(12-10-16)20(24)21-19-8-7-17-14(3)5-6-18(17)15(19)4/h7-8,13-14,16,22H,5-6,9-12H2,1-4H3,(H,21,24). The van der Waals surface area contributed by atoms with Gasteiger partial charge >= 0.3 is 6.03 Å². The van der Waals surface area contributed by atoms with Gasteiger partial charge in [-0.25, -0.2) is 17.9 Å². The molecule has 150 valence electrons. The Bertz CT molecular complexity index is 812. The van der Waals surface area contributed by atoms with Crippen molar-refractivity contribution < 1.29 is 13.2 Å². The predicted octanol–water partition coefficient (Wildman–Crippen LogP) is 3.37. The highest BCUT2D eigenvalue weighted by Gasteiger charge is 2.28. The topological polar surface area (TPSA) is 78.5 Å². The number of hydrogen-bond acceptors (Lipinski definition) is 3. The maximum Gasteiger partial charge on any atom is 0.321 e. The number of rotatable bonds is 4. The largest absolute Gasteiger partial charge is 0.324 e. The molecule has 2 amide bonds. The lowest BCUT2D eigenvalue weighted by molar-refractivity contribution is 0.193. The van der Waals surface area contributed by atoms with E-state index < -0.39 is 15.3 Å². The lowest BCUT2D eigenvalue weighted by Crippen LogP contribution is -2.48. The van der Waals surface area contributed by atoms with Crippen molar-refractivity contribution in [2.24, 2.45) is 0 Å². The summed E-state index contributed by atoms with van der Waals surface area (Å²) in [5.41, 5.74) is 4.84. The average molecular weight is 394 g/mol. The van der Waals surface area contributed by atoms with Crippen LogP contribution < -0.4 is 10.0 Å². The molecule has 2 aliphatic rings. The van der Waals surface area contributed by atoms with Crippen LogP contribution in [0.2, 0.25) is 0 Å². The SMILES string of the molecule is Cc1c(NC(=O)N2CCC(NS(=O)(=O)C(C)C)CC2)ccc2c1CCC2C. The van der Waals surface area contributed by atoms with Gasteiger partial charge in [0.05, 0.1) is 5.25 Å². The molecule has 3 rings (SSSR count). The van der Waals surface area contributed by atoms with Crippen LogP contribution in [0.5, 0.6) is 0 Å². The van der Waals surface area contributed by atoms with E-state index in [0.717, 1.165) is 12.1 Å². The quantitative estimate of drug-likeness (QED) is 0.823. The van der Waals surface area contributed by atoms with Crippen LogP contribution in [-0.4, -0.2) is 43.7 Å². The van der Waals surface area contributed by atoms with Crippen LogP contribution in [0.3, 0.4) is 0 Å². The maximum absolute atomic E-state index is 12.7. The molecule has 0 aromatic heterocycles. The number of piperidine rings is 1. The van der Waals surface area contributed by atoms with Crippen molar-refractivity contribution in [3.63, 3.8) is 0 Å². The third kappa shape index (κ3) is 4.29. The molecule has 27 heavy (non-hydrogen) atoms. The lowest BCUT2D eigenvalue weighted by atomic mass is 9.99. The zero-order chi connectivity index (χ0) is 19.8. The molecule has 1 saturated heterocycles. The van der Waals surface area contributed by atoms with Crippen LogP contribution >= 0.6 is 0 Å². The Labute approximate surface area is 162 Å². The zero-order valence-electron chi connectivity index (χ0n) is 16.7. The minimum Gasteiger partial charge on any atom is -0.324 e. The molecule has 0 saturated carbocycles. The number of sulfonamides is 1. The summed E-state index contributed by atoms with van der Waals surface area (Å²) in [6, 6.07) is 3.96. The number of benzene rings is 1. The zero-order valence-corrected chi connectivity index (χ0v) is 17.5. The molecule has 6 nitrogen and oxygen atoms in total. The Hall–Kier alpha value is -1.60. The molecule has 0 bridgehead atoms. The van der Waals surface area contributed by atoms with Crippen LogP contribution in [0.4, 0.5) is 10.5 Å². The summed E-state index contributed by atoms with van der Waals surface area (Å²) < 4.78 is 26.8. The first-order valence-electron chi connectivity index (χ1n) is 9.88. The highest BCUT2D eigenvalue weighted by molar-refractivity contribution is 7.90. The van der Waals surface area contributed by atoms with Crippen molar-refractivity contribution in [3.05, 3.63) is 28.8 Å². The molecule has 1 aromatic rings. The Balaban J connectivity index is 1.58. The van der Waals surface area contributed by atoms with Crippen molar-refractivity contribution in [1.82, 2.24) is 9.62 Å². The predicted molar refractivity (Wildman–Crippen MR) is 109 cm³/mol. The molecule has 1 aromatic carbocycles. The van der Waals surface area contributed by atoms with E-state index >= 15 is 0 Å². The van der Waals surface area contributed by atoms with Gasteiger partial charge in [0.25, 0.3) is 0 Å². The molecule has 1 atom stereocenters. The highest BCUT2D eigenvalue weighted by Crippen LogP contribution is 2.37. The van der Waals surface area contributed by atoms with Crippen molar-refractivity contribution in [1.29, 1.82) is 0 Å². The second-order valence-corrected chi connectivity index (χ2v) is 10.4. The van der Waals surface area contributed by atoms with E-state index in [1.54, 1.807) is 18.7 Å². The highest BCUT2D eigenvalue weighted by atomic mass is 32.2. The molecule has 1 unspecified atom stereocenters. The number of carbonyl (C=O) groups excluding carboxylic acids is 1. The average Bonchev–Trinajstić information content (AvgIpc) is 2.99. The van der Waals surface area contributed by atoms with Crippen LogP contribution in [-0.2, 0) is 16.4 Å². The Kier molecular flexibility index (Phi) is 5.82. The number of urea groups is 1. The smallest absolute Gasteiger partial charge is 0.321 e. The van der Waals surface area contributed by atoms with E-state index in [-0.39, 0.29) is 12.1 Å². The van der Waals surface area contributed by atoms with E-state index in [9.17, 15) is 13.2 Å². The van der Waals surface area contributed by atoms with Gasteiger partial charge in [0, 0.05) is 24.8 Å². The van der Waals surface area contributed by atoms with E-state index in [4.69, 9.17) is 0 Å². The fourth-order valence-electron chi connectivity index (χ4n) is 3.99. The minimum atomic E-state index is -3.27. The Morgan fingerprint density at radius 2 is 1.85 bits per heavy atom. The number of nitrogens with zero attached hydrogens (tertiary/aromatic N) is 1.